The maximum Gasteiger partial charge on any atom is 0.330 e. The number of dihydropyridines is 1. The van der Waals surface area contributed by atoms with Gasteiger partial charge in [0.05, 0.1) is 16.9 Å². The number of carbonyl (C=O) groups is 2. The number of nitrogens with one attached hydrogen (secondary N) is 2. The molecule has 0 spiro atoms. The molecule has 2 fully saturated rings. The van der Waals surface area contributed by atoms with E-state index in [-0.39, 0.29) is 11.9 Å². The van der Waals surface area contributed by atoms with Gasteiger partial charge in [-0.15, -0.1) is 0 Å². The Labute approximate surface area is 158 Å². The van der Waals surface area contributed by atoms with Crippen LogP contribution in [-0.2, 0) is 0 Å². The lowest BCUT2D eigenvalue weighted by molar-refractivity contribution is 0.0968. The van der Waals surface area contributed by atoms with Gasteiger partial charge in [-0.1, -0.05) is 18.2 Å². The molecule has 5 rings (SSSR count). The molecule has 7 nitrogen and oxygen atoms in total. The molecule has 1 aromatic rings. The van der Waals surface area contributed by atoms with Gasteiger partial charge in [-0.05, 0) is 37.1 Å². The van der Waals surface area contributed by atoms with Gasteiger partial charge < -0.3 is 20.4 Å². The lowest BCUT2D eigenvalue weighted by atomic mass is 10.0. The lowest BCUT2D eigenvalue weighted by Gasteiger charge is -2.32. The van der Waals surface area contributed by atoms with Crippen LogP contribution in [0.5, 0.6) is 0 Å². The second kappa shape index (κ2) is 6.13. The van der Waals surface area contributed by atoms with Crippen LogP contribution >= 0.6 is 0 Å². The first kappa shape index (κ1) is 16.4. The highest BCUT2D eigenvalue weighted by Crippen LogP contribution is 2.34. The summed E-state index contributed by atoms with van der Waals surface area (Å²) < 4.78 is 0. The van der Waals surface area contributed by atoms with Crippen molar-refractivity contribution in [3.63, 3.8) is 0 Å². The zero-order valence-corrected chi connectivity index (χ0v) is 15.3. The first-order chi connectivity index (χ1) is 13.1. The van der Waals surface area contributed by atoms with E-state index in [0.717, 1.165) is 26.2 Å². The fourth-order valence-corrected chi connectivity index (χ4v) is 4.70. The van der Waals surface area contributed by atoms with Crippen molar-refractivity contribution in [2.24, 2.45) is 11.8 Å². The summed E-state index contributed by atoms with van der Waals surface area (Å²) in [6.45, 7) is 4.25. The molecule has 7 heteroatoms. The van der Waals surface area contributed by atoms with Gasteiger partial charge in [0, 0.05) is 32.7 Å². The molecular weight excluding hydrogens is 342 g/mol. The van der Waals surface area contributed by atoms with Crippen molar-refractivity contribution >= 4 is 17.6 Å². The molecule has 2 N–H and O–H groups in total. The smallest absolute Gasteiger partial charge is 0.330 e. The second-order valence-corrected chi connectivity index (χ2v) is 7.78. The lowest BCUT2D eigenvalue weighted by Crippen LogP contribution is -2.47. The number of likely N-dealkylation sites (tertiary alicyclic amines) is 2. The second-order valence-electron chi connectivity index (χ2n) is 7.78. The van der Waals surface area contributed by atoms with Crippen molar-refractivity contribution in [1.82, 2.24) is 20.4 Å². The van der Waals surface area contributed by atoms with E-state index in [0.29, 0.717) is 41.1 Å². The molecular formula is C20H23N5O2. The van der Waals surface area contributed by atoms with Crippen LogP contribution in [0.1, 0.15) is 10.4 Å². The van der Waals surface area contributed by atoms with Gasteiger partial charge in [-0.3, -0.25) is 4.79 Å². The highest BCUT2D eigenvalue weighted by molar-refractivity contribution is 6.08. The Hall–Kier alpha value is -2.80. The number of amides is 3. The van der Waals surface area contributed by atoms with E-state index in [9.17, 15) is 9.59 Å². The Kier molecular flexibility index (Phi) is 3.72. The average Bonchev–Trinajstić information content (AvgIpc) is 3.17. The fraction of sp³-hybridized carbons (Fsp3) is 0.400. The van der Waals surface area contributed by atoms with Gasteiger partial charge in [-0.2, -0.15) is 0 Å². The first-order valence-electron chi connectivity index (χ1n) is 9.44. The molecule has 0 saturated carbocycles. The molecule has 140 valence electrons. The molecule has 2 unspecified atom stereocenters. The minimum Gasteiger partial charge on any atom is -0.366 e. The van der Waals surface area contributed by atoms with Crippen LogP contribution in [0, 0.1) is 11.8 Å². The molecule has 2 saturated heterocycles. The molecule has 4 heterocycles. The van der Waals surface area contributed by atoms with Crippen LogP contribution in [0.2, 0.25) is 0 Å². The van der Waals surface area contributed by atoms with Gasteiger partial charge >= 0.3 is 6.03 Å². The molecule has 27 heavy (non-hydrogen) atoms. The topological polar surface area (TPSA) is 67.9 Å². The zero-order valence-electron chi connectivity index (χ0n) is 15.3. The Morgan fingerprint density at radius 1 is 1.11 bits per heavy atom. The molecule has 4 aliphatic rings. The summed E-state index contributed by atoms with van der Waals surface area (Å²) in [6, 6.07) is 7.23. The van der Waals surface area contributed by atoms with Crippen LogP contribution in [0.3, 0.4) is 0 Å². The summed E-state index contributed by atoms with van der Waals surface area (Å²) in [5, 5.41) is 6.21. The normalized spacial score (nSPS) is 26.9. The summed E-state index contributed by atoms with van der Waals surface area (Å²) in [6.07, 6.45) is 3.80. The summed E-state index contributed by atoms with van der Waals surface area (Å²) >= 11 is 0. The number of rotatable bonds is 0. The number of hydrogen-bond acceptors (Lipinski definition) is 4. The van der Waals surface area contributed by atoms with Crippen LogP contribution in [0.4, 0.5) is 10.5 Å². The van der Waals surface area contributed by atoms with Crippen LogP contribution in [0.15, 0.2) is 47.9 Å². The Morgan fingerprint density at radius 3 is 2.63 bits per heavy atom. The first-order valence-corrected chi connectivity index (χ1v) is 9.44. The number of urea groups is 1. The number of anilines is 1. The molecule has 1 aromatic carbocycles. The van der Waals surface area contributed by atoms with Gasteiger partial charge in [0.1, 0.15) is 5.82 Å². The molecule has 3 amide bonds. The van der Waals surface area contributed by atoms with Crippen molar-refractivity contribution in [1.29, 1.82) is 0 Å². The van der Waals surface area contributed by atoms with E-state index in [2.05, 4.69) is 22.6 Å². The number of nitrogens with zero attached hydrogens (tertiary/aromatic N) is 3. The van der Waals surface area contributed by atoms with Crippen molar-refractivity contribution in [2.45, 2.75) is 0 Å². The molecule has 0 aromatic heterocycles. The van der Waals surface area contributed by atoms with Crippen LogP contribution < -0.4 is 15.5 Å². The SMILES string of the molecule is CN1CC2CN(C(=O)N3C4=C(C=CCN4)NC(=O)c4ccccc43)CC2C1. The summed E-state index contributed by atoms with van der Waals surface area (Å²) in [4.78, 5) is 32.2. The quantitative estimate of drug-likeness (QED) is 0.725. The maximum atomic E-state index is 13.6. The van der Waals surface area contributed by atoms with Crippen LogP contribution in [-0.4, -0.2) is 61.5 Å². The van der Waals surface area contributed by atoms with E-state index in [4.69, 9.17) is 0 Å². The number of fused-ring (bicyclic) bond motifs is 2. The Balaban J connectivity index is 1.54. The van der Waals surface area contributed by atoms with Crippen LogP contribution in [0.25, 0.3) is 0 Å². The third-order valence-corrected chi connectivity index (χ3v) is 5.92. The number of carbonyl (C=O) groups excluding carboxylic acids is 2. The van der Waals surface area contributed by atoms with Crippen molar-refractivity contribution in [3.05, 3.63) is 53.5 Å². The minimum atomic E-state index is -0.193. The summed E-state index contributed by atoms with van der Waals surface area (Å²) in [5.74, 6) is 1.53. The minimum absolute atomic E-state index is 0.0636. The maximum absolute atomic E-state index is 13.6. The van der Waals surface area contributed by atoms with Gasteiger partial charge in [0.2, 0.25) is 0 Å². The van der Waals surface area contributed by atoms with Gasteiger partial charge in [0.15, 0.2) is 0 Å². The van der Waals surface area contributed by atoms with E-state index in [1.165, 1.54) is 0 Å². The van der Waals surface area contributed by atoms with Crippen molar-refractivity contribution in [2.75, 3.05) is 44.7 Å². The summed E-state index contributed by atoms with van der Waals surface area (Å²) in [5.41, 5.74) is 1.77. The molecule has 4 aliphatic heterocycles. The Morgan fingerprint density at radius 2 is 1.85 bits per heavy atom. The largest absolute Gasteiger partial charge is 0.366 e. The third-order valence-electron chi connectivity index (χ3n) is 5.92. The highest BCUT2D eigenvalue weighted by atomic mass is 16.2. The van der Waals surface area contributed by atoms with Crippen molar-refractivity contribution in [3.8, 4) is 0 Å². The number of hydrogen-bond donors (Lipinski definition) is 2. The molecule has 0 aliphatic carbocycles. The standard InChI is InChI=1S/C20H23N5O2/c1-23-9-13-11-24(12-14(13)10-23)20(27)25-17-7-3-2-5-15(17)19(26)22-16-6-4-8-21-18(16)25/h2-7,13-14,21H,8-12H2,1H3,(H,22,26). The fourth-order valence-electron chi connectivity index (χ4n) is 4.70. The monoisotopic (exact) mass is 365 g/mol. The third kappa shape index (κ3) is 2.61. The molecule has 2 atom stereocenters. The molecule has 0 bridgehead atoms. The van der Waals surface area contributed by atoms with E-state index in [1.807, 2.05) is 35.3 Å². The van der Waals surface area contributed by atoms with E-state index < -0.39 is 0 Å². The molecule has 0 radical (unpaired) electrons. The van der Waals surface area contributed by atoms with Crippen molar-refractivity contribution < 1.29 is 9.59 Å². The average molecular weight is 365 g/mol. The van der Waals surface area contributed by atoms with Gasteiger partial charge in [0.25, 0.3) is 5.91 Å². The highest BCUT2D eigenvalue weighted by Gasteiger charge is 2.43. The van der Waals surface area contributed by atoms with E-state index >= 15 is 0 Å². The van der Waals surface area contributed by atoms with Gasteiger partial charge in [-0.25, -0.2) is 9.69 Å². The predicted octanol–water partition coefficient (Wildman–Crippen LogP) is 1.18. The zero-order chi connectivity index (χ0) is 18.5. The predicted molar refractivity (Wildman–Crippen MR) is 102 cm³/mol. The Bertz CT molecular complexity index is 863. The number of allylic oxidation sites excluding steroid dienone is 1. The van der Waals surface area contributed by atoms with E-state index in [1.54, 1.807) is 11.0 Å². The number of para-hydroxylation sites is 1. The summed E-state index contributed by atoms with van der Waals surface area (Å²) in [7, 11) is 2.14. The number of benzene rings is 1.